The fourth-order valence-electron chi connectivity index (χ4n) is 2.96. The van der Waals surface area contributed by atoms with Crippen molar-refractivity contribution in [2.24, 2.45) is 0 Å². The molecule has 0 aliphatic heterocycles. The summed E-state index contributed by atoms with van der Waals surface area (Å²) in [5.41, 5.74) is 3.10. The number of benzene rings is 2. The summed E-state index contributed by atoms with van der Waals surface area (Å²) in [4.78, 5) is 0. The van der Waals surface area contributed by atoms with Gasteiger partial charge in [-0.1, -0.05) is 99.9 Å². The molecule has 1 nitrogen and oxygen atoms in total. The first-order valence-electron chi connectivity index (χ1n) is 8.45. The Morgan fingerprint density at radius 1 is 0.565 bits per heavy atom. The summed E-state index contributed by atoms with van der Waals surface area (Å²) in [7, 11) is -3.00. The Hall–Kier alpha value is -1.17. The maximum absolute atomic E-state index is 6.88. The Morgan fingerprint density at radius 2 is 0.870 bits per heavy atom. The molecule has 23 heavy (non-hydrogen) atoms. The van der Waals surface area contributed by atoms with Gasteiger partial charge in [-0.25, -0.2) is 0 Å². The van der Waals surface area contributed by atoms with Crippen LogP contribution in [0, 0.1) is 0 Å². The number of rotatable bonds is 6. The molecule has 0 bridgehead atoms. The molecule has 0 heterocycles. The Bertz CT molecular complexity index is 542. The Labute approximate surface area is 143 Å². The normalized spacial score (nSPS) is 15.2. The highest BCUT2D eigenvalue weighted by Crippen LogP contribution is 2.37. The highest BCUT2D eigenvalue weighted by molar-refractivity contribution is 6.78. The van der Waals surface area contributed by atoms with Crippen molar-refractivity contribution in [1.82, 2.24) is 0 Å². The zero-order valence-electron chi connectivity index (χ0n) is 15.3. The van der Waals surface area contributed by atoms with Crippen molar-refractivity contribution in [3.8, 4) is 0 Å². The van der Waals surface area contributed by atoms with Gasteiger partial charge in [0.1, 0.15) is 0 Å². The van der Waals surface area contributed by atoms with Crippen LogP contribution in [0.1, 0.15) is 22.6 Å². The first-order valence-corrected chi connectivity index (χ1v) is 15.6. The van der Waals surface area contributed by atoms with E-state index in [1.165, 1.54) is 11.1 Å². The van der Waals surface area contributed by atoms with Crippen molar-refractivity contribution in [3.05, 3.63) is 71.8 Å². The molecule has 2 atom stereocenters. The molecule has 2 unspecified atom stereocenters. The Kier molecular flexibility index (Phi) is 5.66. The summed E-state index contributed by atoms with van der Waals surface area (Å²) in [6.45, 7) is 14.4. The van der Waals surface area contributed by atoms with Crippen LogP contribution in [0.3, 0.4) is 0 Å². The average Bonchev–Trinajstić information content (AvgIpc) is 2.47. The summed E-state index contributed by atoms with van der Waals surface area (Å²) < 4.78 is 6.88. The minimum atomic E-state index is -1.50. The van der Waals surface area contributed by atoms with Crippen LogP contribution in [0.4, 0.5) is 0 Å². The molecule has 0 radical (unpaired) electrons. The van der Waals surface area contributed by atoms with E-state index >= 15 is 0 Å². The summed E-state index contributed by atoms with van der Waals surface area (Å²) in [5, 5.41) is 0. The van der Waals surface area contributed by atoms with Gasteiger partial charge in [0.15, 0.2) is 0 Å². The maximum Gasteiger partial charge on any atom is 0.0842 e. The largest absolute Gasteiger partial charge is 0.373 e. The molecule has 3 heteroatoms. The SMILES string of the molecule is C[Si](C)(C)C(OC(c1ccccc1)[Si](C)(C)C)c1ccccc1. The predicted molar refractivity (Wildman–Crippen MR) is 106 cm³/mol. The van der Waals surface area contributed by atoms with Gasteiger partial charge in [-0.05, 0) is 11.1 Å². The number of ether oxygens (including phenoxy) is 1. The second kappa shape index (κ2) is 7.16. The third-order valence-corrected chi connectivity index (χ3v) is 8.14. The fraction of sp³-hybridized carbons (Fsp3) is 0.400. The molecule has 2 aromatic carbocycles. The van der Waals surface area contributed by atoms with E-state index in [0.717, 1.165) is 0 Å². The molecule has 0 spiro atoms. The van der Waals surface area contributed by atoms with Crippen LogP contribution in [0.5, 0.6) is 0 Å². The monoisotopic (exact) mass is 342 g/mol. The zero-order chi connectivity index (χ0) is 17.1. The third-order valence-electron chi connectivity index (χ3n) is 4.05. The lowest BCUT2D eigenvalue weighted by Gasteiger charge is -2.38. The van der Waals surface area contributed by atoms with Crippen LogP contribution < -0.4 is 0 Å². The van der Waals surface area contributed by atoms with Crippen molar-refractivity contribution in [2.45, 2.75) is 50.7 Å². The van der Waals surface area contributed by atoms with Gasteiger partial charge in [-0.3, -0.25) is 0 Å². The topological polar surface area (TPSA) is 9.23 Å². The summed E-state index contributed by atoms with van der Waals surface area (Å²) >= 11 is 0. The van der Waals surface area contributed by atoms with Gasteiger partial charge in [-0.15, -0.1) is 0 Å². The second-order valence-electron chi connectivity index (χ2n) is 8.45. The van der Waals surface area contributed by atoms with Crippen LogP contribution in [0.25, 0.3) is 0 Å². The van der Waals surface area contributed by atoms with Crippen LogP contribution in [-0.2, 0) is 4.74 Å². The van der Waals surface area contributed by atoms with Crippen molar-refractivity contribution in [2.75, 3.05) is 0 Å². The van der Waals surface area contributed by atoms with Crippen molar-refractivity contribution >= 4 is 16.1 Å². The Morgan fingerprint density at radius 3 is 1.13 bits per heavy atom. The third kappa shape index (κ3) is 4.90. The molecular weight excluding hydrogens is 312 g/mol. The van der Waals surface area contributed by atoms with E-state index in [4.69, 9.17) is 4.74 Å². The maximum atomic E-state index is 6.88. The van der Waals surface area contributed by atoms with Gasteiger partial charge in [0.25, 0.3) is 0 Å². The van der Waals surface area contributed by atoms with Gasteiger partial charge in [0, 0.05) is 0 Å². The molecule has 0 aliphatic rings. The number of hydrogen-bond donors (Lipinski definition) is 0. The van der Waals surface area contributed by atoms with Crippen molar-refractivity contribution < 1.29 is 4.74 Å². The van der Waals surface area contributed by atoms with E-state index in [1.807, 2.05) is 0 Å². The molecule has 0 N–H and O–H groups in total. The average molecular weight is 343 g/mol. The molecule has 0 aromatic heterocycles. The van der Waals surface area contributed by atoms with Gasteiger partial charge >= 0.3 is 0 Å². The van der Waals surface area contributed by atoms with Crippen molar-refractivity contribution in [1.29, 1.82) is 0 Å². The van der Waals surface area contributed by atoms with E-state index in [0.29, 0.717) is 0 Å². The second-order valence-corrected chi connectivity index (χ2v) is 19.0. The lowest BCUT2D eigenvalue weighted by Crippen LogP contribution is -2.40. The first-order chi connectivity index (χ1) is 10.7. The lowest BCUT2D eigenvalue weighted by molar-refractivity contribution is 0.0669. The molecule has 2 aromatic rings. The summed E-state index contributed by atoms with van der Waals surface area (Å²) in [5.74, 6) is 0. The standard InChI is InChI=1S/C20H30OSi2/c1-22(2,3)19(17-13-9-7-10-14-17)21-20(23(4,5)6)18-15-11-8-12-16-18/h7-16,19-20H,1-6H3. The van der Waals surface area contributed by atoms with E-state index < -0.39 is 16.1 Å². The quantitative estimate of drug-likeness (QED) is 0.564. The summed E-state index contributed by atoms with van der Waals surface area (Å²) in [6, 6.07) is 21.5. The highest BCUT2D eigenvalue weighted by atomic mass is 28.3. The minimum Gasteiger partial charge on any atom is -0.373 e. The number of hydrogen-bond acceptors (Lipinski definition) is 1. The minimum absolute atomic E-state index is 0.223. The fourth-order valence-corrected chi connectivity index (χ4v) is 6.57. The molecular formula is C20H30OSi2. The van der Waals surface area contributed by atoms with Gasteiger partial charge < -0.3 is 4.74 Å². The van der Waals surface area contributed by atoms with Crippen LogP contribution in [-0.4, -0.2) is 16.1 Å². The predicted octanol–water partition coefficient (Wildman–Crippen LogP) is 6.24. The van der Waals surface area contributed by atoms with Crippen LogP contribution >= 0.6 is 0 Å². The van der Waals surface area contributed by atoms with Crippen molar-refractivity contribution in [3.63, 3.8) is 0 Å². The molecule has 0 saturated heterocycles. The smallest absolute Gasteiger partial charge is 0.0842 e. The highest BCUT2D eigenvalue weighted by Gasteiger charge is 2.37. The van der Waals surface area contributed by atoms with Crippen LogP contribution in [0.2, 0.25) is 39.3 Å². The molecule has 0 aliphatic carbocycles. The molecule has 0 amide bonds. The van der Waals surface area contributed by atoms with E-state index in [-0.39, 0.29) is 11.5 Å². The molecule has 2 rings (SSSR count). The Balaban J connectivity index is 2.39. The molecule has 0 saturated carbocycles. The van der Waals surface area contributed by atoms with Gasteiger partial charge in [-0.2, -0.15) is 0 Å². The van der Waals surface area contributed by atoms with E-state index in [9.17, 15) is 0 Å². The van der Waals surface area contributed by atoms with E-state index in [1.54, 1.807) is 0 Å². The van der Waals surface area contributed by atoms with Gasteiger partial charge in [0.2, 0.25) is 0 Å². The van der Waals surface area contributed by atoms with Crippen LogP contribution in [0.15, 0.2) is 60.7 Å². The first kappa shape index (κ1) is 18.2. The lowest BCUT2D eigenvalue weighted by atomic mass is 10.2. The van der Waals surface area contributed by atoms with E-state index in [2.05, 4.69) is 99.9 Å². The van der Waals surface area contributed by atoms with Gasteiger partial charge in [0.05, 0.1) is 27.6 Å². The molecule has 124 valence electrons. The molecule has 0 fully saturated rings. The summed E-state index contributed by atoms with van der Waals surface area (Å²) in [6.07, 6.45) is 0. The zero-order valence-corrected chi connectivity index (χ0v) is 17.3.